The molecule has 14 heteroatoms. The molecule has 49 heavy (non-hydrogen) atoms. The van der Waals surface area contributed by atoms with E-state index < -0.39 is 6.04 Å². The molecule has 252 valence electrons. The summed E-state index contributed by atoms with van der Waals surface area (Å²) in [6.45, 7) is 7.51. The molecule has 0 bridgehead atoms. The Labute approximate surface area is 291 Å². The van der Waals surface area contributed by atoms with Crippen LogP contribution in [0.5, 0.6) is 5.75 Å². The molecule has 1 fully saturated rings. The lowest BCUT2D eigenvalue weighted by Gasteiger charge is -2.35. The van der Waals surface area contributed by atoms with Gasteiger partial charge in [-0.2, -0.15) is 0 Å². The van der Waals surface area contributed by atoms with Crippen LogP contribution < -0.4 is 10.1 Å². The highest BCUT2D eigenvalue weighted by Gasteiger charge is 2.34. The molecule has 0 saturated carbocycles. The number of aliphatic imine (C=N–C) groups is 1. The molecule has 0 aliphatic carbocycles. The van der Waals surface area contributed by atoms with Gasteiger partial charge in [0.15, 0.2) is 18.2 Å². The van der Waals surface area contributed by atoms with E-state index in [-0.39, 0.29) is 49.4 Å². The number of aryl methyl sites for hydroxylation is 2. The minimum absolute atomic E-state index is 0.0335. The van der Waals surface area contributed by atoms with E-state index in [1.165, 1.54) is 4.88 Å². The third-order valence-electron chi connectivity index (χ3n) is 9.21. The standard InChI is InChI=1S/C35H34ClN7O5S/c1-19-20(2)49-35-32(19)33(22-4-7-24(36)8-5-22)38-26(34-40-39-21(3)43(34)35)17-31(47)42-14-12-41(13-15-42)30(46)11-9-27(44)23-6-10-28-25(16-23)37-29(45)18-48-28/h4-8,10,16,26H,9,11-15,17-18H2,1-3H3,(H,37,45)/t26-/m0/s1. The number of rotatable bonds is 7. The van der Waals surface area contributed by atoms with Crippen LogP contribution in [0.4, 0.5) is 5.69 Å². The largest absolute Gasteiger partial charge is 0.482 e. The summed E-state index contributed by atoms with van der Waals surface area (Å²) < 4.78 is 7.38. The van der Waals surface area contributed by atoms with Gasteiger partial charge in [-0.3, -0.25) is 28.7 Å². The second-order valence-electron chi connectivity index (χ2n) is 12.3. The fourth-order valence-electron chi connectivity index (χ4n) is 6.41. The molecule has 3 amide bonds. The Hall–Kier alpha value is -4.88. The van der Waals surface area contributed by atoms with Crippen LogP contribution in [0.2, 0.25) is 5.02 Å². The Kier molecular flexibility index (Phi) is 8.80. The second kappa shape index (κ2) is 13.2. The van der Waals surface area contributed by atoms with Crippen LogP contribution in [0.3, 0.4) is 0 Å². The van der Waals surface area contributed by atoms with Crippen molar-refractivity contribution in [3.8, 4) is 10.8 Å². The summed E-state index contributed by atoms with van der Waals surface area (Å²) in [5.41, 5.74) is 4.66. The molecule has 1 N–H and O–H groups in total. The summed E-state index contributed by atoms with van der Waals surface area (Å²) in [6.07, 6.45) is 0.178. The lowest BCUT2D eigenvalue weighted by Crippen LogP contribution is -2.50. The van der Waals surface area contributed by atoms with Crippen LogP contribution in [0, 0.1) is 20.8 Å². The third-order valence-corrected chi connectivity index (χ3v) is 10.7. The van der Waals surface area contributed by atoms with Crippen molar-refractivity contribution < 1.29 is 23.9 Å². The van der Waals surface area contributed by atoms with Crippen molar-refractivity contribution in [3.05, 3.63) is 86.3 Å². The molecule has 7 rings (SSSR count). The number of ether oxygens (including phenoxy) is 1. The molecule has 3 aliphatic heterocycles. The van der Waals surface area contributed by atoms with Crippen molar-refractivity contribution in [2.75, 3.05) is 38.1 Å². The Balaban J connectivity index is 1.02. The number of carbonyl (C=O) groups is 4. The summed E-state index contributed by atoms with van der Waals surface area (Å²) in [7, 11) is 0. The van der Waals surface area contributed by atoms with E-state index in [0.717, 1.165) is 33.2 Å². The molecule has 5 heterocycles. The minimum Gasteiger partial charge on any atom is -0.482 e. The van der Waals surface area contributed by atoms with Crippen molar-refractivity contribution in [1.82, 2.24) is 24.6 Å². The van der Waals surface area contributed by atoms with Gasteiger partial charge >= 0.3 is 0 Å². The number of Topliss-reactive ketones (excluding diaryl/α,β-unsaturated/α-hetero) is 1. The van der Waals surface area contributed by atoms with Crippen LogP contribution in [0.25, 0.3) is 5.00 Å². The highest BCUT2D eigenvalue weighted by Crippen LogP contribution is 2.40. The normalized spacial score (nSPS) is 16.9. The minimum atomic E-state index is -0.576. The SMILES string of the molecule is Cc1sc2c(c1C)C(c1ccc(Cl)cc1)=N[C@@H](CC(=O)N1CCN(C(=O)CCC(=O)c3ccc4c(c3)NC(=O)CO4)CC1)c1nnc(C)n1-2. The Bertz CT molecular complexity index is 2030. The van der Waals surface area contributed by atoms with Crippen molar-refractivity contribution >= 4 is 57.8 Å². The van der Waals surface area contributed by atoms with Gasteiger partial charge in [0, 0.05) is 65.6 Å². The molecule has 0 unspecified atom stereocenters. The highest BCUT2D eigenvalue weighted by molar-refractivity contribution is 7.15. The number of ketones is 1. The predicted octanol–water partition coefficient (Wildman–Crippen LogP) is 4.85. The maximum absolute atomic E-state index is 13.8. The molecule has 4 aromatic rings. The van der Waals surface area contributed by atoms with Gasteiger partial charge in [0.25, 0.3) is 5.91 Å². The molecule has 2 aromatic heterocycles. The van der Waals surface area contributed by atoms with Gasteiger partial charge < -0.3 is 19.9 Å². The zero-order valence-electron chi connectivity index (χ0n) is 27.3. The lowest BCUT2D eigenvalue weighted by atomic mass is 9.99. The number of anilines is 1. The van der Waals surface area contributed by atoms with Crippen molar-refractivity contribution in [2.24, 2.45) is 4.99 Å². The number of aromatic nitrogens is 3. The topological polar surface area (TPSA) is 139 Å². The fraction of sp³-hybridized carbons (Fsp3) is 0.343. The first-order valence-corrected chi connectivity index (χ1v) is 17.3. The quantitative estimate of drug-likeness (QED) is 0.272. The number of thiophene rings is 1. The first-order chi connectivity index (χ1) is 23.6. The number of fused-ring (bicyclic) bond motifs is 4. The summed E-state index contributed by atoms with van der Waals surface area (Å²) in [5.74, 6) is 1.14. The van der Waals surface area contributed by atoms with E-state index in [9.17, 15) is 19.2 Å². The highest BCUT2D eigenvalue weighted by atomic mass is 35.5. The van der Waals surface area contributed by atoms with E-state index in [0.29, 0.717) is 54.0 Å². The number of hydrogen-bond acceptors (Lipinski definition) is 9. The number of carbonyl (C=O) groups excluding carboxylic acids is 4. The van der Waals surface area contributed by atoms with Crippen molar-refractivity contribution in [1.29, 1.82) is 0 Å². The second-order valence-corrected chi connectivity index (χ2v) is 14.0. The van der Waals surface area contributed by atoms with Gasteiger partial charge in [-0.25, -0.2) is 0 Å². The molecule has 2 aromatic carbocycles. The molecule has 1 saturated heterocycles. The maximum Gasteiger partial charge on any atom is 0.262 e. The van der Waals surface area contributed by atoms with E-state index in [2.05, 4.69) is 29.4 Å². The number of hydrogen-bond donors (Lipinski definition) is 1. The summed E-state index contributed by atoms with van der Waals surface area (Å²) in [4.78, 5) is 61.2. The first kappa shape index (κ1) is 32.7. The number of benzene rings is 2. The van der Waals surface area contributed by atoms with Crippen LogP contribution in [0.1, 0.15) is 68.9 Å². The molecule has 0 radical (unpaired) electrons. The van der Waals surface area contributed by atoms with Crippen LogP contribution in [0.15, 0.2) is 47.5 Å². The van der Waals surface area contributed by atoms with Gasteiger partial charge in [0.1, 0.15) is 22.6 Å². The van der Waals surface area contributed by atoms with Gasteiger partial charge in [0.05, 0.1) is 17.8 Å². The number of piperazine rings is 1. The monoisotopic (exact) mass is 699 g/mol. The zero-order valence-corrected chi connectivity index (χ0v) is 28.9. The lowest BCUT2D eigenvalue weighted by molar-refractivity contribution is -0.139. The molecule has 1 atom stereocenters. The smallest absolute Gasteiger partial charge is 0.262 e. The Morgan fingerprint density at radius 1 is 0.959 bits per heavy atom. The molecule has 12 nitrogen and oxygen atoms in total. The van der Waals surface area contributed by atoms with Crippen LogP contribution in [-0.2, 0) is 14.4 Å². The summed E-state index contributed by atoms with van der Waals surface area (Å²) in [6, 6.07) is 11.8. The van der Waals surface area contributed by atoms with Gasteiger partial charge in [-0.15, -0.1) is 21.5 Å². The third kappa shape index (κ3) is 6.35. The maximum atomic E-state index is 13.8. The Morgan fingerprint density at radius 3 is 2.41 bits per heavy atom. The van der Waals surface area contributed by atoms with Crippen molar-refractivity contribution in [3.63, 3.8) is 0 Å². The van der Waals surface area contributed by atoms with Crippen LogP contribution in [-0.4, -0.2) is 86.6 Å². The van der Waals surface area contributed by atoms with E-state index in [1.54, 1.807) is 39.3 Å². The Morgan fingerprint density at radius 2 is 1.67 bits per heavy atom. The van der Waals surface area contributed by atoms with Gasteiger partial charge in [-0.05, 0) is 56.7 Å². The fourth-order valence-corrected chi connectivity index (χ4v) is 7.75. The molecule has 0 spiro atoms. The zero-order chi connectivity index (χ0) is 34.4. The van der Waals surface area contributed by atoms with E-state index in [4.69, 9.17) is 21.3 Å². The molecular formula is C35H34ClN7O5S. The summed E-state index contributed by atoms with van der Waals surface area (Å²) in [5, 5.41) is 13.2. The van der Waals surface area contributed by atoms with E-state index >= 15 is 0 Å². The average molecular weight is 700 g/mol. The molecule has 3 aliphatic rings. The van der Waals surface area contributed by atoms with Gasteiger partial charge in [-0.1, -0.05) is 23.7 Å². The molecular weight excluding hydrogens is 666 g/mol. The van der Waals surface area contributed by atoms with E-state index in [1.807, 2.05) is 35.8 Å². The number of halogens is 1. The summed E-state index contributed by atoms with van der Waals surface area (Å²) >= 11 is 7.88. The average Bonchev–Trinajstić information content (AvgIpc) is 3.58. The predicted molar refractivity (Wildman–Crippen MR) is 185 cm³/mol. The number of nitrogens with zero attached hydrogens (tertiary/aromatic N) is 6. The number of nitrogens with one attached hydrogen (secondary N) is 1. The first-order valence-electron chi connectivity index (χ1n) is 16.1. The number of amides is 3. The van der Waals surface area contributed by atoms with Crippen molar-refractivity contribution in [2.45, 2.75) is 46.1 Å². The van der Waals surface area contributed by atoms with Crippen LogP contribution >= 0.6 is 22.9 Å². The van der Waals surface area contributed by atoms with Gasteiger partial charge in [0.2, 0.25) is 11.8 Å².